The zero-order valence-electron chi connectivity index (χ0n) is 14.3. The van der Waals surface area contributed by atoms with Crippen molar-refractivity contribution in [2.24, 2.45) is 10.2 Å². The Bertz CT molecular complexity index is 597. The molecule has 0 radical (unpaired) electrons. The first-order valence-electron chi connectivity index (χ1n) is 7.59. The molecule has 0 aromatic heterocycles. The van der Waals surface area contributed by atoms with E-state index in [4.69, 9.17) is 4.43 Å². The first kappa shape index (κ1) is 18.1. The topological polar surface area (TPSA) is 34.0 Å². The van der Waals surface area contributed by atoms with Gasteiger partial charge in [0.25, 0.3) is 0 Å². The van der Waals surface area contributed by atoms with Gasteiger partial charge >= 0.3 is 11.8 Å². The molecule has 128 valence electrons. The third kappa shape index (κ3) is 3.35. The highest BCUT2D eigenvalue weighted by Crippen LogP contribution is 2.52. The molecule has 1 aromatic rings. The second-order valence-electron chi connectivity index (χ2n) is 7.51. The van der Waals surface area contributed by atoms with Gasteiger partial charge in [0.2, 0.25) is 0 Å². The highest BCUT2D eigenvalue weighted by atomic mass is 28.4. The summed E-state index contributed by atoms with van der Waals surface area (Å²) in [5, 5.41) is 6.51. The number of alkyl halides is 3. The van der Waals surface area contributed by atoms with E-state index in [0.29, 0.717) is 0 Å². The maximum atomic E-state index is 13.0. The summed E-state index contributed by atoms with van der Waals surface area (Å²) in [4.78, 5) is 0. The van der Waals surface area contributed by atoms with E-state index in [1.165, 1.54) is 12.1 Å². The zero-order valence-corrected chi connectivity index (χ0v) is 15.3. The molecule has 23 heavy (non-hydrogen) atoms. The minimum absolute atomic E-state index is 0.0493. The van der Waals surface area contributed by atoms with Crippen LogP contribution in [0.1, 0.15) is 44.9 Å². The summed E-state index contributed by atoms with van der Waals surface area (Å²) in [6.07, 6.45) is -4.66. The molecule has 7 heteroatoms. The number of nitrogens with zero attached hydrogens (tertiary/aromatic N) is 2. The van der Waals surface area contributed by atoms with Crippen molar-refractivity contribution in [3.05, 3.63) is 35.4 Å². The van der Waals surface area contributed by atoms with E-state index in [9.17, 15) is 13.2 Å². The van der Waals surface area contributed by atoms with Gasteiger partial charge in [0.1, 0.15) is 0 Å². The van der Waals surface area contributed by atoms with Gasteiger partial charge in [-0.05, 0) is 30.6 Å². The Labute approximate surface area is 136 Å². The van der Waals surface area contributed by atoms with Crippen molar-refractivity contribution in [2.45, 2.75) is 63.8 Å². The lowest BCUT2D eigenvalue weighted by Crippen LogP contribution is -2.41. The van der Waals surface area contributed by atoms with Crippen LogP contribution in [0.3, 0.4) is 0 Å². The maximum absolute atomic E-state index is 13.0. The van der Waals surface area contributed by atoms with E-state index < -0.39 is 20.2 Å². The molecule has 1 aliphatic rings. The van der Waals surface area contributed by atoms with Crippen molar-refractivity contribution in [1.29, 1.82) is 0 Å². The first-order valence-corrected chi connectivity index (χ1v) is 10.5. The molecule has 0 spiro atoms. The SMILES string of the molecule is C[C@@H](O[Si](C)(C)C(C)(C)C)c1ccc(C2(C(F)(F)F)N=N2)cc1. The van der Waals surface area contributed by atoms with Crippen molar-refractivity contribution in [1.82, 2.24) is 0 Å². The summed E-state index contributed by atoms with van der Waals surface area (Å²) in [6.45, 7) is 12.7. The minimum atomic E-state index is -4.49. The zero-order chi connectivity index (χ0) is 17.7. The molecule has 0 unspecified atom stereocenters. The van der Waals surface area contributed by atoms with Gasteiger partial charge in [0.05, 0.1) is 6.10 Å². The molecule has 2 rings (SSSR count). The lowest BCUT2D eigenvalue weighted by atomic mass is 10.00. The fourth-order valence-corrected chi connectivity index (χ4v) is 3.49. The molecule has 1 atom stereocenters. The fourth-order valence-electron chi connectivity index (χ4n) is 2.12. The van der Waals surface area contributed by atoms with Crippen LogP contribution in [-0.2, 0) is 10.1 Å². The molecule has 0 fully saturated rings. The third-order valence-corrected chi connectivity index (χ3v) is 9.31. The molecule has 1 heterocycles. The highest BCUT2D eigenvalue weighted by Gasteiger charge is 2.65. The Kier molecular flexibility index (Phi) is 4.26. The molecule has 0 saturated carbocycles. The minimum Gasteiger partial charge on any atom is -0.410 e. The van der Waals surface area contributed by atoms with Crippen LogP contribution in [-0.4, -0.2) is 14.5 Å². The largest absolute Gasteiger partial charge is 0.442 e. The van der Waals surface area contributed by atoms with Gasteiger partial charge in [-0.3, -0.25) is 0 Å². The van der Waals surface area contributed by atoms with E-state index in [-0.39, 0.29) is 16.7 Å². The van der Waals surface area contributed by atoms with Gasteiger partial charge in [-0.2, -0.15) is 13.2 Å². The molecule has 0 amide bonds. The molecular formula is C16H23F3N2OSi. The second kappa shape index (κ2) is 5.41. The molecular weight excluding hydrogens is 321 g/mol. The Morgan fingerprint density at radius 1 is 1.04 bits per heavy atom. The normalized spacial score (nSPS) is 18.8. The van der Waals surface area contributed by atoms with Gasteiger partial charge in [0, 0.05) is 5.56 Å². The van der Waals surface area contributed by atoms with E-state index in [1.54, 1.807) is 12.1 Å². The number of hydrogen-bond donors (Lipinski definition) is 0. The summed E-state index contributed by atoms with van der Waals surface area (Å²) in [6, 6.07) is 6.22. The summed E-state index contributed by atoms with van der Waals surface area (Å²) >= 11 is 0. The summed E-state index contributed by atoms with van der Waals surface area (Å²) in [5.74, 6) is 0. The lowest BCUT2D eigenvalue weighted by Gasteiger charge is -2.38. The van der Waals surface area contributed by atoms with E-state index >= 15 is 0 Å². The van der Waals surface area contributed by atoms with Crippen LogP contribution in [0.15, 0.2) is 34.5 Å². The van der Waals surface area contributed by atoms with Crippen LogP contribution in [0.5, 0.6) is 0 Å². The van der Waals surface area contributed by atoms with Crippen LogP contribution in [0.4, 0.5) is 13.2 Å². The lowest BCUT2D eigenvalue weighted by molar-refractivity contribution is -0.166. The predicted molar refractivity (Wildman–Crippen MR) is 85.7 cm³/mol. The second-order valence-corrected chi connectivity index (χ2v) is 12.3. The quantitative estimate of drug-likeness (QED) is 0.621. The number of halogens is 3. The average Bonchev–Trinajstić information content (AvgIpc) is 3.17. The molecule has 0 aliphatic carbocycles. The Balaban J connectivity index is 2.15. The average molecular weight is 344 g/mol. The summed E-state index contributed by atoms with van der Waals surface area (Å²) in [5.41, 5.74) is -1.44. The molecule has 1 aliphatic heterocycles. The van der Waals surface area contributed by atoms with Gasteiger partial charge in [-0.25, -0.2) is 0 Å². The maximum Gasteiger partial charge on any atom is 0.442 e. The molecule has 1 aromatic carbocycles. The van der Waals surface area contributed by atoms with Gasteiger partial charge in [-0.15, -0.1) is 10.2 Å². The first-order chi connectivity index (χ1) is 10.3. The van der Waals surface area contributed by atoms with E-state index in [1.807, 2.05) is 6.92 Å². The fraction of sp³-hybridized carbons (Fsp3) is 0.625. The van der Waals surface area contributed by atoms with E-state index in [2.05, 4.69) is 44.1 Å². The van der Waals surface area contributed by atoms with Gasteiger partial charge in [-0.1, -0.05) is 45.0 Å². The Hall–Kier alpha value is -1.21. The van der Waals surface area contributed by atoms with Crippen molar-refractivity contribution in [2.75, 3.05) is 0 Å². The molecule has 0 N–H and O–H groups in total. The van der Waals surface area contributed by atoms with E-state index in [0.717, 1.165) is 5.56 Å². The van der Waals surface area contributed by atoms with Crippen LogP contribution in [0, 0.1) is 0 Å². The molecule has 0 saturated heterocycles. The number of benzene rings is 1. The molecule has 3 nitrogen and oxygen atoms in total. The number of hydrogen-bond acceptors (Lipinski definition) is 3. The predicted octanol–water partition coefficient (Wildman–Crippen LogP) is 5.95. The monoisotopic (exact) mass is 344 g/mol. The Morgan fingerprint density at radius 3 is 1.87 bits per heavy atom. The summed E-state index contributed by atoms with van der Waals surface area (Å²) < 4.78 is 45.2. The summed E-state index contributed by atoms with van der Waals surface area (Å²) in [7, 11) is -1.94. The standard InChI is InChI=1S/C16H23F3N2OSi/c1-11(22-23(5,6)14(2,3)4)12-7-9-13(10-8-12)15(20-21-15)16(17,18)19/h7-11H,1-6H3/t11-/m1/s1. The van der Waals surface area contributed by atoms with Crippen molar-refractivity contribution < 1.29 is 17.6 Å². The van der Waals surface area contributed by atoms with Crippen LogP contribution in [0.2, 0.25) is 18.1 Å². The molecule has 0 bridgehead atoms. The van der Waals surface area contributed by atoms with Gasteiger partial charge < -0.3 is 4.43 Å². The smallest absolute Gasteiger partial charge is 0.410 e. The Morgan fingerprint density at radius 2 is 1.52 bits per heavy atom. The third-order valence-electron chi connectivity index (χ3n) is 4.76. The van der Waals surface area contributed by atoms with Crippen LogP contribution < -0.4 is 0 Å². The van der Waals surface area contributed by atoms with Crippen LogP contribution >= 0.6 is 0 Å². The highest BCUT2D eigenvalue weighted by molar-refractivity contribution is 6.74. The van der Waals surface area contributed by atoms with Crippen molar-refractivity contribution in [3.8, 4) is 0 Å². The number of rotatable bonds is 4. The van der Waals surface area contributed by atoms with Crippen molar-refractivity contribution >= 4 is 8.32 Å². The van der Waals surface area contributed by atoms with Crippen LogP contribution in [0.25, 0.3) is 0 Å². The van der Waals surface area contributed by atoms with Gasteiger partial charge in [0.15, 0.2) is 8.32 Å². The van der Waals surface area contributed by atoms with Crippen molar-refractivity contribution in [3.63, 3.8) is 0 Å².